The number of rotatable bonds is 3. The lowest BCUT2D eigenvalue weighted by Crippen LogP contribution is -1.85. The fraction of sp³-hybridized carbons (Fsp3) is 0.231. The van der Waals surface area contributed by atoms with Crippen LogP contribution in [-0.2, 0) is 0 Å². The van der Waals surface area contributed by atoms with Crippen molar-refractivity contribution in [2.45, 2.75) is 24.0 Å². The normalized spacial score (nSPS) is 10.5. The molecule has 86 valence electrons. The topological polar surface area (TPSA) is 36.7 Å². The van der Waals surface area contributed by atoms with Crippen LogP contribution in [0.5, 0.6) is 0 Å². The molecule has 0 unspecified atom stereocenters. The average molecular weight is 260 g/mol. The molecule has 17 heavy (non-hydrogen) atoms. The zero-order valence-corrected chi connectivity index (χ0v) is 11.3. The lowest BCUT2D eigenvalue weighted by Gasteiger charge is -2.04. The highest BCUT2D eigenvalue weighted by atomic mass is 32.2. The van der Waals surface area contributed by atoms with Crippen molar-refractivity contribution in [1.82, 2.24) is 4.98 Å². The van der Waals surface area contributed by atoms with Gasteiger partial charge in [-0.2, -0.15) is 5.26 Å². The van der Waals surface area contributed by atoms with E-state index < -0.39 is 0 Å². The molecule has 0 radical (unpaired) electrons. The van der Waals surface area contributed by atoms with Crippen molar-refractivity contribution in [1.29, 1.82) is 5.26 Å². The van der Waals surface area contributed by atoms with Gasteiger partial charge >= 0.3 is 0 Å². The summed E-state index contributed by atoms with van der Waals surface area (Å²) in [5.74, 6) is 0. The van der Waals surface area contributed by atoms with E-state index in [1.807, 2.05) is 17.8 Å². The van der Waals surface area contributed by atoms with Gasteiger partial charge in [0.15, 0.2) is 5.69 Å². The smallest absolute Gasteiger partial charge is 0.152 e. The molecule has 0 spiro atoms. The van der Waals surface area contributed by atoms with Crippen molar-refractivity contribution in [3.8, 4) is 16.6 Å². The molecule has 0 N–H and O–H groups in total. The summed E-state index contributed by atoms with van der Waals surface area (Å²) in [5.41, 5.74) is 1.57. The predicted octanol–water partition coefficient (Wildman–Crippen LogP) is 4.18. The third-order valence-electron chi connectivity index (χ3n) is 2.09. The van der Waals surface area contributed by atoms with Crippen LogP contribution in [0.25, 0.3) is 10.6 Å². The van der Waals surface area contributed by atoms with E-state index in [-0.39, 0.29) is 0 Å². The number of thiazole rings is 1. The number of thioether (sulfide) groups is 1. The van der Waals surface area contributed by atoms with E-state index in [9.17, 15) is 0 Å². The summed E-state index contributed by atoms with van der Waals surface area (Å²) in [4.78, 5) is 5.50. The van der Waals surface area contributed by atoms with Crippen LogP contribution in [0.15, 0.2) is 34.5 Å². The maximum Gasteiger partial charge on any atom is 0.152 e. The van der Waals surface area contributed by atoms with Gasteiger partial charge in [-0.05, 0) is 12.1 Å². The quantitative estimate of drug-likeness (QED) is 0.777. The van der Waals surface area contributed by atoms with E-state index >= 15 is 0 Å². The second kappa shape index (κ2) is 5.35. The molecule has 0 bridgehead atoms. The van der Waals surface area contributed by atoms with Gasteiger partial charge in [0.25, 0.3) is 0 Å². The number of nitriles is 1. The molecule has 0 fully saturated rings. The van der Waals surface area contributed by atoms with Gasteiger partial charge in [-0.25, -0.2) is 4.98 Å². The number of hydrogen-bond donors (Lipinski definition) is 0. The SMILES string of the molecule is CC(C)Sc1ccc(-c2nc(C#N)cs2)cc1. The Kier molecular flexibility index (Phi) is 3.82. The van der Waals surface area contributed by atoms with Crippen LogP contribution in [0.1, 0.15) is 19.5 Å². The first kappa shape index (κ1) is 12.2. The molecule has 2 aromatic rings. The first-order chi connectivity index (χ1) is 8.19. The number of hydrogen-bond acceptors (Lipinski definition) is 4. The van der Waals surface area contributed by atoms with Gasteiger partial charge in [-0.1, -0.05) is 26.0 Å². The number of nitrogens with zero attached hydrogens (tertiary/aromatic N) is 2. The highest BCUT2D eigenvalue weighted by Gasteiger charge is 2.04. The summed E-state index contributed by atoms with van der Waals surface area (Å²) in [6, 6.07) is 10.4. The van der Waals surface area contributed by atoms with E-state index in [0.29, 0.717) is 10.9 Å². The summed E-state index contributed by atoms with van der Waals surface area (Å²) < 4.78 is 0. The molecule has 1 aromatic heterocycles. The first-order valence-corrected chi connectivity index (χ1v) is 7.07. The molecule has 2 rings (SSSR count). The van der Waals surface area contributed by atoms with E-state index in [1.54, 1.807) is 5.38 Å². The van der Waals surface area contributed by atoms with E-state index in [2.05, 4.69) is 43.1 Å². The minimum absolute atomic E-state index is 0.491. The Bertz CT molecular complexity index is 535. The molecule has 0 amide bonds. The lowest BCUT2D eigenvalue weighted by molar-refractivity contribution is 1.11. The molecule has 0 aliphatic carbocycles. The van der Waals surface area contributed by atoms with Crippen molar-refractivity contribution >= 4 is 23.1 Å². The monoisotopic (exact) mass is 260 g/mol. The maximum absolute atomic E-state index is 8.73. The fourth-order valence-corrected chi connectivity index (χ4v) is 3.00. The molecule has 1 aromatic carbocycles. The molecule has 0 saturated carbocycles. The Morgan fingerprint density at radius 2 is 2.00 bits per heavy atom. The zero-order chi connectivity index (χ0) is 12.3. The third kappa shape index (κ3) is 3.09. The zero-order valence-electron chi connectivity index (χ0n) is 9.68. The van der Waals surface area contributed by atoms with E-state index in [4.69, 9.17) is 5.26 Å². The van der Waals surface area contributed by atoms with E-state index in [1.165, 1.54) is 16.2 Å². The van der Waals surface area contributed by atoms with Gasteiger partial charge in [-0.3, -0.25) is 0 Å². The Morgan fingerprint density at radius 3 is 2.53 bits per heavy atom. The van der Waals surface area contributed by atoms with Crippen molar-refractivity contribution < 1.29 is 0 Å². The predicted molar refractivity (Wildman–Crippen MR) is 73.3 cm³/mol. The molecule has 1 heterocycles. The standard InChI is InChI=1S/C13H12N2S2/c1-9(2)17-12-5-3-10(4-6-12)13-15-11(7-14)8-16-13/h3-6,8-9H,1-2H3. The molecule has 0 atom stereocenters. The van der Waals surface area contributed by atoms with Crippen LogP contribution in [0.4, 0.5) is 0 Å². The molecule has 4 heteroatoms. The highest BCUT2D eigenvalue weighted by molar-refractivity contribution is 7.99. The van der Waals surface area contributed by atoms with Crippen molar-refractivity contribution in [3.63, 3.8) is 0 Å². The Balaban J connectivity index is 2.20. The summed E-state index contributed by atoms with van der Waals surface area (Å²) in [5, 5.41) is 12.0. The third-order valence-corrected chi connectivity index (χ3v) is 4.00. The minimum atomic E-state index is 0.491. The van der Waals surface area contributed by atoms with Crippen LogP contribution in [0.3, 0.4) is 0 Å². The van der Waals surface area contributed by atoms with Gasteiger partial charge in [-0.15, -0.1) is 23.1 Å². The lowest BCUT2D eigenvalue weighted by atomic mass is 10.2. The molecular weight excluding hydrogens is 248 g/mol. The molecular formula is C13H12N2S2. The van der Waals surface area contributed by atoms with Gasteiger partial charge < -0.3 is 0 Å². The van der Waals surface area contributed by atoms with Gasteiger partial charge in [0, 0.05) is 21.1 Å². The summed E-state index contributed by atoms with van der Waals surface area (Å²) in [6.07, 6.45) is 0. The van der Waals surface area contributed by atoms with Crippen LogP contribution in [0, 0.1) is 11.3 Å². The van der Waals surface area contributed by atoms with Crippen LogP contribution >= 0.6 is 23.1 Å². The Hall–Kier alpha value is -1.31. The molecule has 2 nitrogen and oxygen atoms in total. The van der Waals surface area contributed by atoms with Crippen molar-refractivity contribution in [2.75, 3.05) is 0 Å². The maximum atomic E-state index is 8.73. The Labute approximate surface area is 109 Å². The van der Waals surface area contributed by atoms with Crippen molar-refractivity contribution in [2.24, 2.45) is 0 Å². The first-order valence-electron chi connectivity index (χ1n) is 5.32. The minimum Gasteiger partial charge on any atom is -0.225 e. The molecule has 0 saturated heterocycles. The van der Waals surface area contributed by atoms with Gasteiger partial charge in [0.2, 0.25) is 0 Å². The number of aromatic nitrogens is 1. The average Bonchev–Trinajstić information content (AvgIpc) is 2.78. The highest BCUT2D eigenvalue weighted by Crippen LogP contribution is 2.28. The van der Waals surface area contributed by atoms with Crippen LogP contribution in [-0.4, -0.2) is 10.2 Å². The van der Waals surface area contributed by atoms with Crippen LogP contribution < -0.4 is 0 Å². The summed E-state index contributed by atoms with van der Waals surface area (Å²) in [7, 11) is 0. The number of benzene rings is 1. The second-order valence-electron chi connectivity index (χ2n) is 3.84. The van der Waals surface area contributed by atoms with Gasteiger partial charge in [0.1, 0.15) is 11.1 Å². The largest absolute Gasteiger partial charge is 0.225 e. The van der Waals surface area contributed by atoms with Crippen molar-refractivity contribution in [3.05, 3.63) is 35.3 Å². The molecule has 0 aliphatic rings. The Morgan fingerprint density at radius 1 is 1.29 bits per heavy atom. The second-order valence-corrected chi connectivity index (χ2v) is 6.35. The fourth-order valence-electron chi connectivity index (χ4n) is 1.41. The summed E-state index contributed by atoms with van der Waals surface area (Å²) >= 11 is 3.35. The van der Waals surface area contributed by atoms with Gasteiger partial charge in [0.05, 0.1) is 0 Å². The molecule has 0 aliphatic heterocycles. The summed E-state index contributed by atoms with van der Waals surface area (Å²) in [6.45, 7) is 4.36. The van der Waals surface area contributed by atoms with E-state index in [0.717, 1.165) is 10.6 Å². The van der Waals surface area contributed by atoms with Crippen LogP contribution in [0.2, 0.25) is 0 Å².